The Morgan fingerprint density at radius 1 is 1.32 bits per heavy atom. The molecule has 1 amide bonds. The molecule has 2 aliphatic rings. The second-order valence-corrected chi connectivity index (χ2v) is 7.79. The van der Waals surface area contributed by atoms with Gasteiger partial charge in [0.2, 0.25) is 0 Å². The maximum absolute atomic E-state index is 12.7. The summed E-state index contributed by atoms with van der Waals surface area (Å²) in [6, 6.07) is 0. The van der Waals surface area contributed by atoms with Crippen molar-refractivity contribution in [2.75, 3.05) is 45.9 Å². The van der Waals surface area contributed by atoms with Crippen LogP contribution in [-0.2, 0) is 11.8 Å². The summed E-state index contributed by atoms with van der Waals surface area (Å²) in [4.78, 5) is 22.2. The van der Waals surface area contributed by atoms with E-state index in [1.165, 1.54) is 11.3 Å². The molecule has 0 N–H and O–H groups in total. The van der Waals surface area contributed by atoms with Crippen LogP contribution in [0.15, 0.2) is 18.6 Å². The third-order valence-corrected chi connectivity index (χ3v) is 5.90. The van der Waals surface area contributed by atoms with Crippen LogP contribution in [0.3, 0.4) is 0 Å². The molecule has 0 aromatic carbocycles. The van der Waals surface area contributed by atoms with E-state index in [1.54, 1.807) is 17.1 Å². The first-order valence-corrected chi connectivity index (χ1v) is 9.55. The lowest BCUT2D eigenvalue weighted by molar-refractivity contribution is 0.0615. The van der Waals surface area contributed by atoms with Crippen LogP contribution in [0.4, 0.5) is 0 Å². The second-order valence-electron chi connectivity index (χ2n) is 6.75. The molecule has 0 radical (unpaired) electrons. The van der Waals surface area contributed by atoms with E-state index in [0.717, 1.165) is 62.9 Å². The molecule has 1 atom stereocenters. The number of aryl methyl sites for hydroxylation is 1. The van der Waals surface area contributed by atoms with E-state index in [-0.39, 0.29) is 5.91 Å². The van der Waals surface area contributed by atoms with E-state index >= 15 is 0 Å². The predicted molar refractivity (Wildman–Crippen MR) is 95.6 cm³/mol. The Bertz CT molecular complexity index is 729. The zero-order valence-corrected chi connectivity index (χ0v) is 15.2. The fraction of sp³-hybridized carbons (Fsp3) is 0.588. The molecule has 7 nitrogen and oxygen atoms in total. The Labute approximate surface area is 151 Å². The largest absolute Gasteiger partial charge is 0.381 e. The number of hydrogen-bond acceptors (Lipinski definition) is 6. The molecule has 0 aliphatic carbocycles. The van der Waals surface area contributed by atoms with Gasteiger partial charge < -0.3 is 9.64 Å². The molecule has 2 aromatic heterocycles. The Kier molecular flexibility index (Phi) is 4.82. The van der Waals surface area contributed by atoms with Gasteiger partial charge in [-0.05, 0) is 12.3 Å². The van der Waals surface area contributed by atoms with Crippen molar-refractivity contribution in [2.24, 2.45) is 13.0 Å². The standard InChI is InChI=1S/C17H23N5O2S/c1-20-11-14(8-19-20)16-18-9-15(25-16)17(23)22-5-3-21(4-6-22)10-13-2-7-24-12-13/h8-9,11,13H,2-7,10,12H2,1H3. The molecule has 0 spiro atoms. The summed E-state index contributed by atoms with van der Waals surface area (Å²) in [5.41, 5.74) is 0.954. The summed E-state index contributed by atoms with van der Waals surface area (Å²) >= 11 is 1.44. The Hall–Kier alpha value is -1.77. The number of amides is 1. The molecule has 0 bridgehead atoms. The van der Waals surface area contributed by atoms with Gasteiger partial charge in [-0.1, -0.05) is 0 Å². The van der Waals surface area contributed by atoms with E-state index in [0.29, 0.717) is 10.8 Å². The number of nitrogens with zero attached hydrogens (tertiary/aromatic N) is 5. The smallest absolute Gasteiger partial charge is 0.265 e. The number of ether oxygens (including phenoxy) is 1. The van der Waals surface area contributed by atoms with Gasteiger partial charge in [-0.3, -0.25) is 14.4 Å². The maximum atomic E-state index is 12.7. The predicted octanol–water partition coefficient (Wildman–Crippen LogP) is 1.34. The topological polar surface area (TPSA) is 63.5 Å². The number of piperazine rings is 1. The number of thiazole rings is 1. The number of carbonyl (C=O) groups is 1. The minimum atomic E-state index is 0.0940. The molecule has 2 aromatic rings. The third-order valence-electron chi connectivity index (χ3n) is 4.87. The fourth-order valence-electron chi connectivity index (χ4n) is 3.42. The summed E-state index contributed by atoms with van der Waals surface area (Å²) < 4.78 is 7.20. The normalized spacial score (nSPS) is 21.8. The molecule has 0 saturated carbocycles. The van der Waals surface area contributed by atoms with Crippen molar-refractivity contribution in [3.05, 3.63) is 23.5 Å². The lowest BCUT2D eigenvalue weighted by Gasteiger charge is -2.35. The van der Waals surface area contributed by atoms with Gasteiger partial charge in [-0.2, -0.15) is 5.10 Å². The molecule has 2 aliphatic heterocycles. The van der Waals surface area contributed by atoms with Gasteiger partial charge in [0.25, 0.3) is 5.91 Å². The van der Waals surface area contributed by atoms with Gasteiger partial charge >= 0.3 is 0 Å². The van der Waals surface area contributed by atoms with Crippen molar-refractivity contribution < 1.29 is 9.53 Å². The van der Waals surface area contributed by atoms with Gasteiger partial charge in [0.05, 0.1) is 19.0 Å². The summed E-state index contributed by atoms with van der Waals surface area (Å²) in [6.45, 7) is 6.32. The highest BCUT2D eigenvalue weighted by Gasteiger charge is 2.26. The molecular formula is C17H23N5O2S. The van der Waals surface area contributed by atoms with E-state index in [4.69, 9.17) is 4.74 Å². The monoisotopic (exact) mass is 361 g/mol. The van der Waals surface area contributed by atoms with Crippen LogP contribution in [0.5, 0.6) is 0 Å². The van der Waals surface area contributed by atoms with Crippen molar-refractivity contribution in [1.29, 1.82) is 0 Å². The van der Waals surface area contributed by atoms with Gasteiger partial charge in [-0.15, -0.1) is 11.3 Å². The van der Waals surface area contributed by atoms with E-state index < -0.39 is 0 Å². The zero-order valence-electron chi connectivity index (χ0n) is 14.4. The average Bonchev–Trinajstić information content (AvgIpc) is 3.36. The van der Waals surface area contributed by atoms with Crippen LogP contribution < -0.4 is 0 Å². The number of aromatic nitrogens is 3. The summed E-state index contributed by atoms with van der Waals surface area (Å²) in [5.74, 6) is 0.752. The average molecular weight is 361 g/mol. The van der Waals surface area contributed by atoms with Crippen LogP contribution in [0, 0.1) is 5.92 Å². The zero-order chi connectivity index (χ0) is 17.2. The molecule has 1 unspecified atom stereocenters. The number of hydrogen-bond donors (Lipinski definition) is 0. The molecule has 2 fully saturated rings. The summed E-state index contributed by atoms with van der Waals surface area (Å²) in [6.07, 6.45) is 6.55. The summed E-state index contributed by atoms with van der Waals surface area (Å²) in [7, 11) is 1.88. The molecule has 2 saturated heterocycles. The quantitative estimate of drug-likeness (QED) is 0.822. The van der Waals surface area contributed by atoms with Crippen molar-refractivity contribution in [3.8, 4) is 10.6 Å². The maximum Gasteiger partial charge on any atom is 0.265 e. The molecule has 4 rings (SSSR count). The number of carbonyl (C=O) groups excluding carboxylic acids is 1. The van der Waals surface area contributed by atoms with Crippen molar-refractivity contribution in [3.63, 3.8) is 0 Å². The van der Waals surface area contributed by atoms with E-state index in [1.807, 2.05) is 18.1 Å². The molecule has 134 valence electrons. The molecule has 8 heteroatoms. The fourth-order valence-corrected chi connectivity index (χ4v) is 4.28. The summed E-state index contributed by atoms with van der Waals surface area (Å²) in [5, 5.41) is 5.00. The van der Waals surface area contributed by atoms with E-state index in [9.17, 15) is 4.79 Å². The Balaban J connectivity index is 1.33. The highest BCUT2D eigenvalue weighted by atomic mass is 32.1. The van der Waals surface area contributed by atoms with Crippen molar-refractivity contribution >= 4 is 17.2 Å². The third kappa shape index (κ3) is 3.75. The van der Waals surface area contributed by atoms with Crippen LogP contribution in [-0.4, -0.2) is 76.4 Å². The molecular weight excluding hydrogens is 338 g/mol. The first kappa shape index (κ1) is 16.7. The van der Waals surface area contributed by atoms with Crippen LogP contribution in [0.1, 0.15) is 16.1 Å². The lowest BCUT2D eigenvalue weighted by atomic mass is 10.1. The SMILES string of the molecule is Cn1cc(-c2ncc(C(=O)N3CCN(CC4CCOC4)CC3)s2)cn1. The van der Waals surface area contributed by atoms with Crippen LogP contribution in [0.2, 0.25) is 0 Å². The van der Waals surface area contributed by atoms with Crippen LogP contribution >= 0.6 is 11.3 Å². The first-order chi connectivity index (χ1) is 12.2. The lowest BCUT2D eigenvalue weighted by Crippen LogP contribution is -2.49. The minimum absolute atomic E-state index is 0.0940. The van der Waals surface area contributed by atoms with Gasteiger partial charge in [0.15, 0.2) is 0 Å². The minimum Gasteiger partial charge on any atom is -0.381 e. The molecule has 25 heavy (non-hydrogen) atoms. The van der Waals surface area contributed by atoms with Gasteiger partial charge in [-0.25, -0.2) is 4.98 Å². The van der Waals surface area contributed by atoms with Gasteiger partial charge in [0, 0.05) is 58.1 Å². The number of rotatable bonds is 4. The highest BCUT2D eigenvalue weighted by Crippen LogP contribution is 2.26. The Morgan fingerprint density at radius 2 is 2.16 bits per heavy atom. The first-order valence-electron chi connectivity index (χ1n) is 8.73. The second kappa shape index (κ2) is 7.23. The molecule has 4 heterocycles. The van der Waals surface area contributed by atoms with Gasteiger partial charge in [0.1, 0.15) is 9.88 Å². The van der Waals surface area contributed by atoms with Crippen molar-refractivity contribution in [1.82, 2.24) is 24.6 Å². The van der Waals surface area contributed by atoms with Crippen molar-refractivity contribution in [2.45, 2.75) is 6.42 Å². The van der Waals surface area contributed by atoms with Crippen LogP contribution in [0.25, 0.3) is 10.6 Å². The van der Waals surface area contributed by atoms with E-state index in [2.05, 4.69) is 15.0 Å². The Morgan fingerprint density at radius 3 is 2.84 bits per heavy atom. The highest BCUT2D eigenvalue weighted by molar-refractivity contribution is 7.16.